The normalized spacial score (nSPS) is 20.3. The van der Waals surface area contributed by atoms with Crippen LogP contribution in [0, 0.1) is 0 Å². The first kappa shape index (κ1) is 19.0. The minimum atomic E-state index is -4.13. The zero-order valence-electron chi connectivity index (χ0n) is 13.6. The molecule has 1 amide bonds. The highest BCUT2D eigenvalue weighted by molar-refractivity contribution is 9.10. The average Bonchev–Trinajstić information content (AvgIpc) is 2.79. The highest BCUT2D eigenvalue weighted by Gasteiger charge is 2.50. The van der Waals surface area contributed by atoms with Crippen molar-refractivity contribution in [2.75, 3.05) is 7.05 Å². The van der Waals surface area contributed by atoms with Gasteiger partial charge < -0.3 is 5.32 Å². The van der Waals surface area contributed by atoms with E-state index in [1.165, 1.54) is 4.90 Å². The summed E-state index contributed by atoms with van der Waals surface area (Å²) in [7, 11) is -2.53. The summed E-state index contributed by atoms with van der Waals surface area (Å²) in [4.78, 5) is 14.5. The lowest BCUT2D eigenvalue weighted by Gasteiger charge is -2.28. The van der Waals surface area contributed by atoms with Gasteiger partial charge in [-0.15, -0.1) is 0 Å². The number of nitrogens with zero attached hydrogens (tertiary/aromatic N) is 1. The van der Waals surface area contributed by atoms with Gasteiger partial charge in [0.05, 0.1) is 0 Å². The molecule has 2 aromatic carbocycles. The topological polar surface area (TPSA) is 86.7 Å². The lowest BCUT2D eigenvalue weighted by atomic mass is 9.82. The molecule has 0 saturated carbocycles. The van der Waals surface area contributed by atoms with Gasteiger partial charge in [0.2, 0.25) is 0 Å². The Balaban J connectivity index is 2.14. The van der Waals surface area contributed by atoms with E-state index in [-0.39, 0.29) is 5.91 Å². The first-order valence-corrected chi connectivity index (χ1v) is 10.4. The number of nitrogens with one attached hydrogen (secondary N) is 1. The van der Waals surface area contributed by atoms with Crippen LogP contribution in [0.25, 0.3) is 0 Å². The maximum Gasteiger partial charge on any atom is 0.269 e. The molecule has 1 fully saturated rings. The van der Waals surface area contributed by atoms with E-state index in [4.69, 9.17) is 16.8 Å². The third-order valence-corrected chi connectivity index (χ3v) is 5.79. The van der Waals surface area contributed by atoms with E-state index in [1.807, 2.05) is 24.3 Å². The standard InChI is InChI=1S/C17H15BrN2O4S2/c1-20-15(21)17(19-16(20)25,13-3-2-4-14(18)9-13)12-7-5-11(6-8-12)10-26(22,23)24/h2-9H,10H2,1H3,(H,19,25)(H,22,23,24). The third-order valence-electron chi connectivity index (χ3n) is 4.22. The summed E-state index contributed by atoms with van der Waals surface area (Å²) in [6.07, 6.45) is 0. The van der Waals surface area contributed by atoms with E-state index >= 15 is 0 Å². The largest absolute Gasteiger partial charge is 0.341 e. The molecular formula is C17H15BrN2O4S2. The van der Waals surface area contributed by atoms with Crippen molar-refractivity contribution in [1.29, 1.82) is 0 Å². The van der Waals surface area contributed by atoms with E-state index in [9.17, 15) is 13.2 Å². The summed E-state index contributed by atoms with van der Waals surface area (Å²) in [6, 6.07) is 13.8. The molecule has 1 saturated heterocycles. The number of likely N-dealkylation sites (N-methyl/N-ethyl adjacent to an activating group) is 1. The molecule has 1 atom stereocenters. The number of amides is 1. The molecule has 136 valence electrons. The Hall–Kier alpha value is -1.81. The van der Waals surface area contributed by atoms with Crippen LogP contribution in [0.15, 0.2) is 53.0 Å². The Morgan fingerprint density at radius 2 is 1.85 bits per heavy atom. The van der Waals surface area contributed by atoms with Crippen molar-refractivity contribution in [3.05, 3.63) is 69.7 Å². The van der Waals surface area contributed by atoms with Crippen molar-refractivity contribution in [3.8, 4) is 0 Å². The maximum absolute atomic E-state index is 13.1. The summed E-state index contributed by atoms with van der Waals surface area (Å²) >= 11 is 8.69. The first-order chi connectivity index (χ1) is 12.1. The molecule has 2 aromatic rings. The number of carbonyl (C=O) groups is 1. The van der Waals surface area contributed by atoms with Crippen molar-refractivity contribution in [2.45, 2.75) is 11.3 Å². The van der Waals surface area contributed by atoms with Gasteiger partial charge in [-0.05, 0) is 41.0 Å². The molecule has 0 aromatic heterocycles. The van der Waals surface area contributed by atoms with Crippen LogP contribution < -0.4 is 5.32 Å². The number of halogens is 1. The molecule has 26 heavy (non-hydrogen) atoms. The smallest absolute Gasteiger partial charge is 0.269 e. The van der Waals surface area contributed by atoms with Gasteiger partial charge in [0.25, 0.3) is 16.0 Å². The first-order valence-electron chi connectivity index (χ1n) is 7.54. The Morgan fingerprint density at radius 3 is 2.35 bits per heavy atom. The van der Waals surface area contributed by atoms with Crippen LogP contribution in [-0.2, 0) is 26.2 Å². The van der Waals surface area contributed by atoms with Crippen LogP contribution in [0.3, 0.4) is 0 Å². The molecule has 0 spiro atoms. The molecule has 1 heterocycles. The molecular weight excluding hydrogens is 440 g/mol. The van der Waals surface area contributed by atoms with Crippen LogP contribution in [0.4, 0.5) is 0 Å². The maximum atomic E-state index is 13.1. The monoisotopic (exact) mass is 454 g/mol. The lowest BCUT2D eigenvalue weighted by Crippen LogP contribution is -2.45. The molecule has 2 N–H and O–H groups in total. The van der Waals surface area contributed by atoms with Crippen molar-refractivity contribution < 1.29 is 17.8 Å². The fourth-order valence-corrected chi connectivity index (χ4v) is 4.23. The fraction of sp³-hybridized carbons (Fsp3) is 0.176. The van der Waals surface area contributed by atoms with Gasteiger partial charge in [0.15, 0.2) is 10.7 Å². The Bertz CT molecular complexity index is 992. The number of benzene rings is 2. The second-order valence-corrected chi connectivity index (χ2v) is 8.73. The molecule has 1 unspecified atom stereocenters. The van der Waals surface area contributed by atoms with Crippen LogP contribution in [-0.4, -0.2) is 35.9 Å². The third kappa shape index (κ3) is 3.39. The molecule has 6 nitrogen and oxygen atoms in total. The summed E-state index contributed by atoms with van der Waals surface area (Å²) in [6.45, 7) is 0. The number of thiocarbonyl (C=S) groups is 1. The molecule has 1 aliphatic heterocycles. The van der Waals surface area contributed by atoms with Crippen molar-refractivity contribution >= 4 is 49.3 Å². The highest BCUT2D eigenvalue weighted by atomic mass is 79.9. The SMILES string of the molecule is CN1C(=O)C(c2ccc(CS(=O)(=O)O)cc2)(c2cccc(Br)c2)NC1=S. The van der Waals surface area contributed by atoms with Crippen LogP contribution in [0.2, 0.25) is 0 Å². The summed E-state index contributed by atoms with van der Waals surface area (Å²) < 4.78 is 31.9. The van der Waals surface area contributed by atoms with E-state index in [2.05, 4.69) is 21.2 Å². The van der Waals surface area contributed by atoms with Gasteiger partial charge in [-0.3, -0.25) is 14.2 Å². The van der Waals surface area contributed by atoms with Gasteiger partial charge in [0.1, 0.15) is 5.75 Å². The second kappa shape index (κ2) is 6.73. The summed E-state index contributed by atoms with van der Waals surface area (Å²) in [5.74, 6) is -0.722. The highest BCUT2D eigenvalue weighted by Crippen LogP contribution is 2.36. The fourth-order valence-electron chi connectivity index (χ4n) is 2.98. The Kier molecular flexibility index (Phi) is 4.91. The van der Waals surface area contributed by atoms with E-state index < -0.39 is 21.4 Å². The molecule has 9 heteroatoms. The average molecular weight is 455 g/mol. The van der Waals surface area contributed by atoms with Crippen molar-refractivity contribution in [1.82, 2.24) is 10.2 Å². The predicted molar refractivity (Wildman–Crippen MR) is 105 cm³/mol. The van der Waals surface area contributed by atoms with Crippen LogP contribution in [0.1, 0.15) is 16.7 Å². The Morgan fingerprint density at radius 1 is 1.19 bits per heavy atom. The van der Waals surface area contributed by atoms with E-state index in [0.717, 1.165) is 4.47 Å². The molecule has 1 aliphatic rings. The van der Waals surface area contributed by atoms with Crippen LogP contribution >= 0.6 is 28.1 Å². The molecule has 3 rings (SSSR count). The molecule has 0 bridgehead atoms. The van der Waals surface area contributed by atoms with Crippen LogP contribution in [0.5, 0.6) is 0 Å². The van der Waals surface area contributed by atoms with Crippen molar-refractivity contribution in [2.24, 2.45) is 0 Å². The van der Waals surface area contributed by atoms with Gasteiger partial charge in [-0.25, -0.2) is 0 Å². The van der Waals surface area contributed by atoms with Crippen molar-refractivity contribution in [3.63, 3.8) is 0 Å². The Labute approximate surface area is 165 Å². The predicted octanol–water partition coefficient (Wildman–Crippen LogP) is 2.43. The molecule has 0 aliphatic carbocycles. The number of hydrogen-bond acceptors (Lipinski definition) is 4. The van der Waals surface area contributed by atoms with Gasteiger partial charge in [-0.1, -0.05) is 52.3 Å². The second-order valence-electron chi connectivity index (χ2n) is 5.98. The summed E-state index contributed by atoms with van der Waals surface area (Å²) in [5.41, 5.74) is 0.534. The van der Waals surface area contributed by atoms with Gasteiger partial charge in [-0.2, -0.15) is 8.42 Å². The number of hydrogen-bond donors (Lipinski definition) is 2. The van der Waals surface area contributed by atoms with E-state index in [1.54, 1.807) is 31.3 Å². The number of rotatable bonds is 4. The molecule has 0 radical (unpaired) electrons. The zero-order valence-corrected chi connectivity index (χ0v) is 16.9. The number of carbonyl (C=O) groups excluding carboxylic acids is 1. The lowest BCUT2D eigenvalue weighted by molar-refractivity contribution is -0.129. The minimum absolute atomic E-state index is 0.233. The quantitative estimate of drug-likeness (QED) is 0.544. The summed E-state index contributed by atoms with van der Waals surface area (Å²) in [5, 5.41) is 3.42. The van der Waals surface area contributed by atoms with E-state index in [0.29, 0.717) is 21.8 Å². The van der Waals surface area contributed by atoms with Gasteiger partial charge in [0, 0.05) is 11.5 Å². The van der Waals surface area contributed by atoms with Gasteiger partial charge >= 0.3 is 0 Å². The zero-order chi connectivity index (χ0) is 19.1. The minimum Gasteiger partial charge on any atom is -0.341 e.